The summed E-state index contributed by atoms with van der Waals surface area (Å²) in [5, 5.41) is 0. The second-order valence-electron chi connectivity index (χ2n) is 6.88. The van der Waals surface area contributed by atoms with Gasteiger partial charge < -0.3 is 4.90 Å². The van der Waals surface area contributed by atoms with E-state index in [2.05, 4.69) is 0 Å². The minimum absolute atomic E-state index is 0.00598. The SMILES string of the molecule is O=C(CN1C(=O)C(=O)N(Cc2ccccc2)C1=O)N1CCc2ccccc2C1. The van der Waals surface area contributed by atoms with Gasteiger partial charge in [-0.25, -0.2) is 9.69 Å². The molecule has 0 unspecified atom stereocenters. The fourth-order valence-corrected chi connectivity index (χ4v) is 3.54. The van der Waals surface area contributed by atoms with Gasteiger partial charge in [0, 0.05) is 13.1 Å². The first kappa shape index (κ1) is 17.9. The highest BCUT2D eigenvalue weighted by atomic mass is 16.2. The lowest BCUT2D eigenvalue weighted by molar-refractivity contribution is -0.145. The Morgan fingerprint density at radius 2 is 1.46 bits per heavy atom. The first-order valence-electron chi connectivity index (χ1n) is 9.10. The lowest BCUT2D eigenvalue weighted by atomic mass is 10.00. The van der Waals surface area contributed by atoms with E-state index in [9.17, 15) is 19.2 Å². The maximum absolute atomic E-state index is 12.7. The van der Waals surface area contributed by atoms with E-state index in [1.807, 2.05) is 30.3 Å². The molecule has 0 aliphatic carbocycles. The van der Waals surface area contributed by atoms with E-state index < -0.39 is 24.4 Å². The average Bonchev–Trinajstić information content (AvgIpc) is 2.92. The van der Waals surface area contributed by atoms with Gasteiger partial charge in [0.1, 0.15) is 6.54 Å². The summed E-state index contributed by atoms with van der Waals surface area (Å²) in [4.78, 5) is 53.0. The van der Waals surface area contributed by atoms with Crippen LogP contribution in [0.15, 0.2) is 54.6 Å². The molecule has 0 spiro atoms. The maximum atomic E-state index is 12.7. The number of amides is 5. The predicted octanol–water partition coefficient (Wildman–Crippen LogP) is 1.56. The monoisotopic (exact) mass is 377 g/mol. The summed E-state index contributed by atoms with van der Waals surface area (Å²) < 4.78 is 0. The zero-order chi connectivity index (χ0) is 19.7. The number of carbonyl (C=O) groups is 4. The molecule has 0 atom stereocenters. The van der Waals surface area contributed by atoms with Gasteiger partial charge in [0.2, 0.25) is 5.91 Å². The molecule has 1 fully saturated rings. The summed E-state index contributed by atoms with van der Waals surface area (Å²) in [6.07, 6.45) is 0.725. The molecule has 1 saturated heterocycles. The van der Waals surface area contributed by atoms with Crippen molar-refractivity contribution in [2.24, 2.45) is 0 Å². The summed E-state index contributed by atoms with van der Waals surface area (Å²) in [7, 11) is 0. The van der Waals surface area contributed by atoms with Crippen molar-refractivity contribution < 1.29 is 19.2 Å². The van der Waals surface area contributed by atoms with E-state index in [0.717, 1.165) is 27.3 Å². The lowest BCUT2D eigenvalue weighted by Gasteiger charge is -2.29. The fraction of sp³-hybridized carbons (Fsp3) is 0.238. The fourth-order valence-electron chi connectivity index (χ4n) is 3.54. The highest BCUT2D eigenvalue weighted by Crippen LogP contribution is 2.20. The van der Waals surface area contributed by atoms with Crippen molar-refractivity contribution in [1.82, 2.24) is 14.7 Å². The first-order valence-corrected chi connectivity index (χ1v) is 9.10. The van der Waals surface area contributed by atoms with Gasteiger partial charge >= 0.3 is 17.8 Å². The number of nitrogens with zero attached hydrogens (tertiary/aromatic N) is 3. The molecule has 5 amide bonds. The van der Waals surface area contributed by atoms with Gasteiger partial charge in [-0.2, -0.15) is 0 Å². The molecule has 0 aromatic heterocycles. The van der Waals surface area contributed by atoms with Gasteiger partial charge in [0.05, 0.1) is 6.54 Å². The van der Waals surface area contributed by atoms with Crippen LogP contribution in [0.2, 0.25) is 0 Å². The first-order chi connectivity index (χ1) is 13.5. The Balaban J connectivity index is 1.44. The molecule has 2 aromatic carbocycles. The van der Waals surface area contributed by atoms with Crippen molar-refractivity contribution in [2.45, 2.75) is 19.5 Å². The topological polar surface area (TPSA) is 78.0 Å². The van der Waals surface area contributed by atoms with E-state index in [0.29, 0.717) is 13.1 Å². The Morgan fingerprint density at radius 3 is 2.21 bits per heavy atom. The lowest BCUT2D eigenvalue weighted by Crippen LogP contribution is -2.45. The largest absolute Gasteiger partial charge is 0.336 e. The smallest absolute Gasteiger partial charge is 0.335 e. The standard InChI is InChI=1S/C21H19N3O4/c25-18(22-11-10-16-8-4-5-9-17(16)13-22)14-24-20(27)19(26)23(21(24)28)12-15-6-2-1-3-7-15/h1-9H,10-14H2. The summed E-state index contributed by atoms with van der Waals surface area (Å²) in [5.41, 5.74) is 2.99. The molecule has 0 saturated carbocycles. The third kappa shape index (κ3) is 3.26. The molecule has 7 nitrogen and oxygen atoms in total. The Morgan fingerprint density at radius 1 is 0.821 bits per heavy atom. The highest BCUT2D eigenvalue weighted by molar-refractivity contribution is 6.44. The molecule has 0 N–H and O–H groups in total. The molecule has 2 aromatic rings. The molecule has 2 heterocycles. The zero-order valence-corrected chi connectivity index (χ0v) is 15.2. The van der Waals surface area contributed by atoms with Gasteiger partial charge in [-0.15, -0.1) is 0 Å². The molecule has 4 rings (SSSR count). The molecule has 2 aliphatic rings. The van der Waals surface area contributed by atoms with Crippen LogP contribution in [0.5, 0.6) is 0 Å². The van der Waals surface area contributed by atoms with Crippen molar-refractivity contribution in [3.8, 4) is 0 Å². The van der Waals surface area contributed by atoms with Crippen molar-refractivity contribution in [2.75, 3.05) is 13.1 Å². The molecular weight excluding hydrogens is 358 g/mol. The van der Waals surface area contributed by atoms with Crippen LogP contribution < -0.4 is 0 Å². The van der Waals surface area contributed by atoms with Gasteiger partial charge in [-0.05, 0) is 23.1 Å². The Labute approximate surface area is 162 Å². The van der Waals surface area contributed by atoms with E-state index in [4.69, 9.17) is 0 Å². The molecule has 2 aliphatic heterocycles. The second kappa shape index (κ2) is 7.26. The summed E-state index contributed by atoms with van der Waals surface area (Å²) in [6, 6.07) is 16.1. The van der Waals surface area contributed by atoms with Crippen LogP contribution in [0.3, 0.4) is 0 Å². The second-order valence-corrected chi connectivity index (χ2v) is 6.88. The Hall–Kier alpha value is -3.48. The Kier molecular flexibility index (Phi) is 4.65. The molecule has 0 bridgehead atoms. The molecule has 142 valence electrons. The maximum Gasteiger partial charge on any atom is 0.335 e. The predicted molar refractivity (Wildman–Crippen MR) is 99.7 cm³/mol. The van der Waals surface area contributed by atoms with E-state index in [-0.39, 0.29) is 12.5 Å². The van der Waals surface area contributed by atoms with Gasteiger partial charge in [-0.3, -0.25) is 19.3 Å². The minimum Gasteiger partial charge on any atom is -0.336 e. The summed E-state index contributed by atoms with van der Waals surface area (Å²) in [5.74, 6) is -2.19. The summed E-state index contributed by atoms with van der Waals surface area (Å²) >= 11 is 0. The number of hydrogen-bond donors (Lipinski definition) is 0. The number of rotatable bonds is 4. The third-order valence-electron chi connectivity index (χ3n) is 5.10. The number of imide groups is 2. The minimum atomic E-state index is -0.952. The number of hydrogen-bond acceptors (Lipinski definition) is 4. The van der Waals surface area contributed by atoms with Crippen LogP contribution >= 0.6 is 0 Å². The summed E-state index contributed by atoms with van der Waals surface area (Å²) in [6.45, 7) is 0.545. The van der Waals surface area contributed by atoms with Crippen molar-refractivity contribution >= 4 is 23.8 Å². The highest BCUT2D eigenvalue weighted by Gasteiger charge is 2.45. The van der Waals surface area contributed by atoms with Crippen LogP contribution in [0.1, 0.15) is 16.7 Å². The van der Waals surface area contributed by atoms with Crippen molar-refractivity contribution in [3.63, 3.8) is 0 Å². The van der Waals surface area contributed by atoms with Crippen LogP contribution in [-0.4, -0.2) is 51.5 Å². The quantitative estimate of drug-likeness (QED) is 0.598. The zero-order valence-electron chi connectivity index (χ0n) is 15.2. The van der Waals surface area contributed by atoms with Gasteiger partial charge in [-0.1, -0.05) is 54.6 Å². The molecule has 7 heteroatoms. The van der Waals surface area contributed by atoms with Crippen LogP contribution in [-0.2, 0) is 33.9 Å². The van der Waals surface area contributed by atoms with Crippen LogP contribution in [0.4, 0.5) is 4.79 Å². The van der Waals surface area contributed by atoms with Gasteiger partial charge in [0.15, 0.2) is 0 Å². The average molecular weight is 377 g/mol. The number of urea groups is 1. The van der Waals surface area contributed by atoms with Crippen LogP contribution in [0, 0.1) is 0 Å². The van der Waals surface area contributed by atoms with Crippen molar-refractivity contribution in [3.05, 3.63) is 71.3 Å². The molecule has 28 heavy (non-hydrogen) atoms. The molecular formula is C21H19N3O4. The van der Waals surface area contributed by atoms with E-state index in [1.54, 1.807) is 29.2 Å². The number of fused-ring (bicyclic) bond motifs is 1. The number of carbonyl (C=O) groups excluding carboxylic acids is 4. The normalized spacial score (nSPS) is 16.6. The Bertz CT molecular complexity index is 957. The van der Waals surface area contributed by atoms with E-state index >= 15 is 0 Å². The van der Waals surface area contributed by atoms with Gasteiger partial charge in [0.25, 0.3) is 0 Å². The number of benzene rings is 2. The third-order valence-corrected chi connectivity index (χ3v) is 5.10. The van der Waals surface area contributed by atoms with E-state index in [1.165, 1.54) is 5.56 Å². The van der Waals surface area contributed by atoms with Crippen molar-refractivity contribution in [1.29, 1.82) is 0 Å². The molecule has 0 radical (unpaired) electrons. The van der Waals surface area contributed by atoms with Crippen LogP contribution in [0.25, 0.3) is 0 Å².